The minimum Gasteiger partial charge on any atom is -0.489 e. The Balaban J connectivity index is 1.51. The Hall–Kier alpha value is -2.96. The van der Waals surface area contributed by atoms with Crippen LogP contribution in [0.25, 0.3) is 10.9 Å². The average Bonchev–Trinajstić information content (AvgIpc) is 3.48. The highest BCUT2D eigenvalue weighted by Crippen LogP contribution is 2.42. The maximum Gasteiger partial charge on any atom is 0.416 e. The lowest BCUT2D eigenvalue weighted by atomic mass is 9.91. The van der Waals surface area contributed by atoms with Crippen molar-refractivity contribution in [3.63, 3.8) is 0 Å². The smallest absolute Gasteiger partial charge is 0.416 e. The number of H-pyrrole nitrogens is 1. The molecule has 4 nitrogen and oxygen atoms in total. The van der Waals surface area contributed by atoms with Gasteiger partial charge in [-0.1, -0.05) is 31.9 Å². The molecule has 1 aliphatic rings. The van der Waals surface area contributed by atoms with E-state index in [0.717, 1.165) is 54.3 Å². The predicted octanol–water partition coefficient (Wildman–Crippen LogP) is 7.48. The molecule has 35 heavy (non-hydrogen) atoms. The lowest BCUT2D eigenvalue weighted by molar-refractivity contribution is -0.143. The van der Waals surface area contributed by atoms with Gasteiger partial charge >= 0.3 is 12.1 Å². The third-order valence-electron chi connectivity index (χ3n) is 6.83. The summed E-state index contributed by atoms with van der Waals surface area (Å²) in [5.74, 6) is 0.356. The molecule has 1 fully saturated rings. The Morgan fingerprint density at radius 1 is 1.09 bits per heavy atom. The number of ether oxygens (including phenoxy) is 2. The fourth-order valence-electron chi connectivity index (χ4n) is 5.15. The van der Waals surface area contributed by atoms with E-state index in [-0.39, 0.29) is 18.5 Å². The second kappa shape index (κ2) is 10.8. The molecule has 188 valence electrons. The maximum absolute atomic E-state index is 13.8. The number of nitrogens with one attached hydrogen (secondary N) is 1. The van der Waals surface area contributed by atoms with E-state index in [1.807, 2.05) is 18.2 Å². The Bertz CT molecular complexity index is 1180. The minimum atomic E-state index is -4.38. The molecule has 4 rings (SSSR count). The largest absolute Gasteiger partial charge is 0.489 e. The number of halogens is 3. The number of hydrogen-bond donors (Lipinski definition) is 1. The van der Waals surface area contributed by atoms with Crippen molar-refractivity contribution in [2.24, 2.45) is 0 Å². The van der Waals surface area contributed by atoms with Crippen LogP contribution in [0.4, 0.5) is 13.2 Å². The van der Waals surface area contributed by atoms with Gasteiger partial charge in [0, 0.05) is 16.6 Å². The van der Waals surface area contributed by atoms with Gasteiger partial charge in [0.15, 0.2) is 0 Å². The number of hydrogen-bond acceptors (Lipinski definition) is 3. The number of aryl methyl sites for hydroxylation is 2. The van der Waals surface area contributed by atoms with E-state index in [4.69, 9.17) is 9.47 Å². The first-order chi connectivity index (χ1) is 16.8. The van der Waals surface area contributed by atoms with E-state index >= 15 is 0 Å². The van der Waals surface area contributed by atoms with Gasteiger partial charge in [-0.15, -0.1) is 0 Å². The number of aromatic nitrogens is 1. The first-order valence-electron chi connectivity index (χ1n) is 12.4. The standard InChI is InChI=1S/C28H32F3NO3/c1-3-21-23-16-20(10-12-26(23)32-25(21)13-14-27(33)34-4-2)35-17-18-9-11-22(19-7-5-6-8-19)24(15-18)28(29,30)31/h9-12,15-16,19,32H,3-8,13-14,17H2,1-2H3. The maximum atomic E-state index is 13.8. The third kappa shape index (κ3) is 5.82. The first-order valence-corrected chi connectivity index (χ1v) is 12.4. The Morgan fingerprint density at radius 2 is 1.86 bits per heavy atom. The van der Waals surface area contributed by atoms with Gasteiger partial charge in [-0.05, 0) is 79.5 Å². The van der Waals surface area contributed by atoms with Crippen molar-refractivity contribution >= 4 is 16.9 Å². The van der Waals surface area contributed by atoms with Crippen molar-refractivity contribution in [3.05, 3.63) is 64.3 Å². The summed E-state index contributed by atoms with van der Waals surface area (Å²) in [6, 6.07) is 10.3. The molecule has 0 amide bonds. The summed E-state index contributed by atoms with van der Waals surface area (Å²) in [5.41, 5.74) is 3.41. The van der Waals surface area contributed by atoms with Crippen molar-refractivity contribution in [1.29, 1.82) is 0 Å². The summed E-state index contributed by atoms with van der Waals surface area (Å²) < 4.78 is 52.3. The SMILES string of the molecule is CCOC(=O)CCc1[nH]c2ccc(OCc3ccc(C4CCCC4)c(C(F)(F)F)c3)cc2c1CC. The van der Waals surface area contributed by atoms with Gasteiger partial charge in [-0.3, -0.25) is 4.79 Å². The minimum absolute atomic E-state index is 0.0110. The lowest BCUT2D eigenvalue weighted by Gasteiger charge is -2.19. The molecule has 0 radical (unpaired) electrons. The van der Waals surface area contributed by atoms with Gasteiger partial charge in [0.2, 0.25) is 0 Å². The van der Waals surface area contributed by atoms with Crippen LogP contribution in [-0.4, -0.2) is 17.6 Å². The number of alkyl halides is 3. The number of carbonyl (C=O) groups is 1. The van der Waals surface area contributed by atoms with E-state index in [1.54, 1.807) is 19.1 Å². The number of carbonyl (C=O) groups excluding carboxylic acids is 1. The number of rotatable bonds is 9. The van der Waals surface area contributed by atoms with Gasteiger partial charge in [-0.2, -0.15) is 13.2 Å². The molecule has 2 aromatic carbocycles. The van der Waals surface area contributed by atoms with Crippen LogP contribution in [0.2, 0.25) is 0 Å². The molecule has 7 heteroatoms. The zero-order valence-corrected chi connectivity index (χ0v) is 20.3. The van der Waals surface area contributed by atoms with Crippen LogP contribution in [0.15, 0.2) is 36.4 Å². The van der Waals surface area contributed by atoms with Gasteiger partial charge in [0.05, 0.1) is 18.6 Å². The summed E-state index contributed by atoms with van der Waals surface area (Å²) in [7, 11) is 0. The zero-order valence-electron chi connectivity index (χ0n) is 20.3. The molecule has 1 aliphatic carbocycles. The van der Waals surface area contributed by atoms with Crippen molar-refractivity contribution in [2.75, 3.05) is 6.61 Å². The highest BCUT2D eigenvalue weighted by molar-refractivity contribution is 5.86. The summed E-state index contributed by atoms with van der Waals surface area (Å²) in [4.78, 5) is 15.1. The molecule has 1 saturated carbocycles. The molecule has 1 N–H and O–H groups in total. The molecule has 0 saturated heterocycles. The molecule has 1 heterocycles. The van der Waals surface area contributed by atoms with Crippen LogP contribution in [0, 0.1) is 0 Å². The van der Waals surface area contributed by atoms with E-state index in [9.17, 15) is 18.0 Å². The third-order valence-corrected chi connectivity index (χ3v) is 6.83. The van der Waals surface area contributed by atoms with E-state index in [2.05, 4.69) is 11.9 Å². The summed E-state index contributed by atoms with van der Waals surface area (Å²) in [5, 5.41) is 0.997. The highest BCUT2D eigenvalue weighted by Gasteiger charge is 2.36. The van der Waals surface area contributed by atoms with E-state index < -0.39 is 11.7 Å². The summed E-state index contributed by atoms with van der Waals surface area (Å²) in [6.45, 7) is 4.25. The molecule has 0 atom stereocenters. The number of esters is 1. The van der Waals surface area contributed by atoms with Gasteiger partial charge in [-0.25, -0.2) is 0 Å². The van der Waals surface area contributed by atoms with Gasteiger partial charge in [0.1, 0.15) is 12.4 Å². The van der Waals surface area contributed by atoms with Crippen LogP contribution in [0.1, 0.15) is 79.8 Å². The zero-order chi connectivity index (χ0) is 25.0. The average molecular weight is 488 g/mol. The second-order valence-electron chi connectivity index (χ2n) is 9.14. The molecule has 0 bridgehead atoms. The van der Waals surface area contributed by atoms with Gasteiger partial charge < -0.3 is 14.5 Å². The van der Waals surface area contributed by atoms with Crippen molar-refractivity contribution in [3.8, 4) is 5.75 Å². The summed E-state index contributed by atoms with van der Waals surface area (Å²) >= 11 is 0. The Labute approximate surface area is 203 Å². The van der Waals surface area contributed by atoms with Crippen molar-refractivity contribution in [1.82, 2.24) is 4.98 Å². The van der Waals surface area contributed by atoms with Crippen molar-refractivity contribution in [2.45, 2.75) is 77.5 Å². The molecule has 0 spiro atoms. The Morgan fingerprint density at radius 3 is 2.54 bits per heavy atom. The number of fused-ring (bicyclic) bond motifs is 1. The molecular formula is C28H32F3NO3. The normalized spacial score (nSPS) is 14.5. The Kier molecular flexibility index (Phi) is 7.72. The quantitative estimate of drug-likeness (QED) is 0.318. The van der Waals surface area contributed by atoms with Crippen molar-refractivity contribution < 1.29 is 27.4 Å². The highest BCUT2D eigenvalue weighted by atomic mass is 19.4. The lowest BCUT2D eigenvalue weighted by Crippen LogP contribution is -2.12. The predicted molar refractivity (Wildman–Crippen MR) is 130 cm³/mol. The summed E-state index contributed by atoms with van der Waals surface area (Å²) in [6.07, 6.45) is 0.856. The second-order valence-corrected chi connectivity index (χ2v) is 9.14. The molecule has 3 aromatic rings. The monoisotopic (exact) mass is 487 g/mol. The fraction of sp³-hybridized carbons (Fsp3) is 0.464. The molecule has 0 unspecified atom stereocenters. The van der Waals surface area contributed by atoms with E-state index in [1.165, 1.54) is 6.07 Å². The molecule has 1 aromatic heterocycles. The van der Waals surface area contributed by atoms with Gasteiger partial charge in [0.25, 0.3) is 0 Å². The number of aromatic amines is 1. The van der Waals surface area contributed by atoms with Crippen LogP contribution in [0.5, 0.6) is 5.75 Å². The van der Waals surface area contributed by atoms with Crippen LogP contribution in [-0.2, 0) is 35.2 Å². The van der Waals surface area contributed by atoms with Crippen LogP contribution >= 0.6 is 0 Å². The van der Waals surface area contributed by atoms with Crippen LogP contribution in [0.3, 0.4) is 0 Å². The number of benzene rings is 2. The van der Waals surface area contributed by atoms with E-state index in [0.29, 0.717) is 36.3 Å². The molecule has 0 aliphatic heterocycles. The molecular weight excluding hydrogens is 455 g/mol. The first kappa shape index (κ1) is 25.1. The fourth-order valence-corrected chi connectivity index (χ4v) is 5.15. The van der Waals surface area contributed by atoms with Crippen LogP contribution < -0.4 is 4.74 Å². The topological polar surface area (TPSA) is 51.3 Å².